The number of hydrogen-bond acceptors (Lipinski definition) is 2. The molecule has 5 aromatic rings. The molecule has 2 amide bonds. The number of carbonyl (C=O) groups excluding carboxylic acids is 2. The summed E-state index contributed by atoms with van der Waals surface area (Å²) in [6, 6.07) is 32.6. The van der Waals surface area contributed by atoms with Crippen LogP contribution in [0.4, 0.5) is 5.69 Å². The van der Waals surface area contributed by atoms with Crippen molar-refractivity contribution in [2.75, 3.05) is 11.4 Å². The minimum atomic E-state index is -0.397. The molecule has 6 heteroatoms. The Balaban J connectivity index is 1.40. The average molecular weight is 534 g/mol. The molecule has 39 heavy (non-hydrogen) atoms. The molecule has 0 saturated heterocycles. The van der Waals surface area contributed by atoms with Crippen molar-refractivity contribution in [2.45, 2.75) is 25.9 Å². The SMILES string of the molecule is CC(C)N(CC(=O)N1c2ccccc2-n2cccc2C1c1cccc(Cl)c1)C(=O)c1ccc2ccccc2c1. The number of para-hydroxylation sites is 2. The average Bonchev–Trinajstić information content (AvgIpc) is 3.44. The Bertz CT molecular complexity index is 1710. The van der Waals surface area contributed by atoms with Crippen LogP contribution in [0, 0.1) is 0 Å². The molecule has 4 aromatic carbocycles. The molecule has 5 nitrogen and oxygen atoms in total. The number of anilines is 1. The van der Waals surface area contributed by atoms with Crippen molar-refractivity contribution >= 4 is 39.9 Å². The lowest BCUT2D eigenvalue weighted by Crippen LogP contribution is -2.48. The van der Waals surface area contributed by atoms with E-state index in [1.54, 1.807) is 4.90 Å². The molecule has 1 atom stereocenters. The zero-order valence-electron chi connectivity index (χ0n) is 21.8. The maximum atomic E-state index is 14.3. The van der Waals surface area contributed by atoms with Crippen LogP contribution in [0.3, 0.4) is 0 Å². The molecule has 0 N–H and O–H groups in total. The number of carbonyl (C=O) groups is 2. The molecule has 0 fully saturated rings. The highest BCUT2D eigenvalue weighted by Crippen LogP contribution is 2.42. The van der Waals surface area contributed by atoms with Crippen molar-refractivity contribution < 1.29 is 9.59 Å². The molecular formula is C33H28ClN3O2. The van der Waals surface area contributed by atoms with E-state index in [0.29, 0.717) is 10.6 Å². The normalized spacial score (nSPS) is 14.3. The van der Waals surface area contributed by atoms with Gasteiger partial charge in [-0.15, -0.1) is 0 Å². The van der Waals surface area contributed by atoms with Crippen LogP contribution in [0.1, 0.15) is 41.5 Å². The Labute approximate surface area is 232 Å². The van der Waals surface area contributed by atoms with Gasteiger partial charge in [-0.1, -0.05) is 66.2 Å². The van der Waals surface area contributed by atoms with E-state index in [9.17, 15) is 9.59 Å². The van der Waals surface area contributed by atoms with Gasteiger partial charge >= 0.3 is 0 Å². The van der Waals surface area contributed by atoms with Gasteiger partial charge in [0, 0.05) is 22.8 Å². The van der Waals surface area contributed by atoms with Crippen molar-refractivity contribution in [3.8, 4) is 5.69 Å². The highest BCUT2D eigenvalue weighted by Gasteiger charge is 2.37. The van der Waals surface area contributed by atoms with E-state index in [2.05, 4.69) is 4.57 Å². The maximum absolute atomic E-state index is 14.3. The number of aromatic nitrogens is 1. The predicted molar refractivity (Wildman–Crippen MR) is 157 cm³/mol. The van der Waals surface area contributed by atoms with Crippen molar-refractivity contribution in [1.29, 1.82) is 0 Å². The van der Waals surface area contributed by atoms with Crippen LogP contribution < -0.4 is 4.90 Å². The molecule has 2 heterocycles. The Hall–Kier alpha value is -4.35. The first-order valence-electron chi connectivity index (χ1n) is 13.1. The molecule has 0 saturated carbocycles. The summed E-state index contributed by atoms with van der Waals surface area (Å²) in [6.07, 6.45) is 2.01. The lowest BCUT2D eigenvalue weighted by Gasteiger charge is -2.40. The first-order chi connectivity index (χ1) is 18.9. The van der Waals surface area contributed by atoms with Gasteiger partial charge in [0.2, 0.25) is 5.91 Å². The second-order valence-electron chi connectivity index (χ2n) is 10.1. The predicted octanol–water partition coefficient (Wildman–Crippen LogP) is 7.27. The van der Waals surface area contributed by atoms with E-state index in [-0.39, 0.29) is 24.4 Å². The molecular weight excluding hydrogens is 506 g/mol. The van der Waals surface area contributed by atoms with Gasteiger partial charge in [0.15, 0.2) is 0 Å². The van der Waals surface area contributed by atoms with Crippen molar-refractivity contribution in [3.63, 3.8) is 0 Å². The summed E-state index contributed by atoms with van der Waals surface area (Å²) < 4.78 is 2.12. The van der Waals surface area contributed by atoms with Crippen LogP contribution >= 0.6 is 11.6 Å². The molecule has 1 aliphatic rings. The Kier molecular flexibility index (Phi) is 6.45. The minimum Gasteiger partial charge on any atom is -0.327 e. The molecule has 6 rings (SSSR count). The molecule has 1 aliphatic heterocycles. The molecule has 194 valence electrons. The molecule has 1 aromatic heterocycles. The lowest BCUT2D eigenvalue weighted by atomic mass is 9.97. The van der Waals surface area contributed by atoms with Crippen LogP contribution in [0.5, 0.6) is 0 Å². The summed E-state index contributed by atoms with van der Waals surface area (Å²) in [6.45, 7) is 3.82. The number of fused-ring (bicyclic) bond motifs is 4. The maximum Gasteiger partial charge on any atom is 0.254 e. The van der Waals surface area contributed by atoms with Crippen molar-refractivity contribution in [3.05, 3.63) is 131 Å². The number of nitrogens with zero attached hydrogens (tertiary/aromatic N) is 3. The third-order valence-corrected chi connectivity index (χ3v) is 7.57. The third kappa shape index (κ3) is 4.49. The van der Waals surface area contributed by atoms with Gasteiger partial charge in [-0.3, -0.25) is 14.5 Å². The zero-order valence-corrected chi connectivity index (χ0v) is 22.5. The van der Waals surface area contributed by atoms with Crippen LogP contribution in [-0.4, -0.2) is 33.9 Å². The first kappa shape index (κ1) is 25.0. The Morgan fingerprint density at radius 1 is 0.821 bits per heavy atom. The van der Waals surface area contributed by atoms with Crippen LogP contribution in [0.15, 0.2) is 109 Å². The van der Waals surface area contributed by atoms with Crippen LogP contribution in [0.25, 0.3) is 16.5 Å². The number of halogens is 1. The molecule has 0 bridgehead atoms. The van der Waals surface area contributed by atoms with Crippen molar-refractivity contribution in [2.24, 2.45) is 0 Å². The topological polar surface area (TPSA) is 45.6 Å². The largest absolute Gasteiger partial charge is 0.327 e. The van der Waals surface area contributed by atoms with Gasteiger partial charge < -0.3 is 9.47 Å². The summed E-state index contributed by atoms with van der Waals surface area (Å²) in [5.41, 5.74) is 4.14. The summed E-state index contributed by atoms with van der Waals surface area (Å²) in [7, 11) is 0. The fraction of sp³-hybridized carbons (Fsp3) is 0.152. The molecule has 1 unspecified atom stereocenters. The van der Waals surface area contributed by atoms with Crippen LogP contribution in [0.2, 0.25) is 5.02 Å². The van der Waals surface area contributed by atoms with E-state index in [1.165, 1.54) is 0 Å². The van der Waals surface area contributed by atoms with Gasteiger partial charge in [-0.25, -0.2) is 0 Å². The van der Waals surface area contributed by atoms with Crippen molar-refractivity contribution in [1.82, 2.24) is 9.47 Å². The quantitative estimate of drug-likeness (QED) is 0.238. The number of amides is 2. The van der Waals surface area contributed by atoms with Gasteiger partial charge in [0.05, 0.1) is 17.1 Å². The standard InChI is InChI=1S/C33H28ClN3O2/c1-22(2)36(33(39)26-17-16-23-9-3-4-10-24(23)19-26)21-31(38)37-29-14-6-5-13-28(29)35-18-8-15-30(35)32(37)25-11-7-12-27(34)20-25/h3-20,22,32H,21H2,1-2H3. The number of benzene rings is 4. The van der Waals surface area contributed by atoms with E-state index in [4.69, 9.17) is 11.6 Å². The second-order valence-corrected chi connectivity index (χ2v) is 10.5. The third-order valence-electron chi connectivity index (χ3n) is 7.34. The summed E-state index contributed by atoms with van der Waals surface area (Å²) >= 11 is 6.41. The Morgan fingerprint density at radius 3 is 2.33 bits per heavy atom. The smallest absolute Gasteiger partial charge is 0.254 e. The van der Waals surface area contributed by atoms with E-state index >= 15 is 0 Å². The Morgan fingerprint density at radius 2 is 1.56 bits per heavy atom. The second kappa shape index (κ2) is 10.1. The van der Waals surface area contributed by atoms with E-state index in [0.717, 1.165) is 33.4 Å². The van der Waals surface area contributed by atoms with E-state index < -0.39 is 6.04 Å². The first-order valence-corrected chi connectivity index (χ1v) is 13.4. The van der Waals surface area contributed by atoms with Crippen LogP contribution in [-0.2, 0) is 4.79 Å². The van der Waals surface area contributed by atoms with E-state index in [1.807, 2.05) is 128 Å². The number of rotatable bonds is 5. The highest BCUT2D eigenvalue weighted by molar-refractivity contribution is 6.30. The molecule has 0 aliphatic carbocycles. The fourth-order valence-corrected chi connectivity index (χ4v) is 5.65. The number of hydrogen-bond donors (Lipinski definition) is 0. The molecule has 0 radical (unpaired) electrons. The van der Waals surface area contributed by atoms with Gasteiger partial charge in [0.25, 0.3) is 5.91 Å². The van der Waals surface area contributed by atoms with Gasteiger partial charge in [-0.2, -0.15) is 0 Å². The zero-order chi connectivity index (χ0) is 27.1. The summed E-state index contributed by atoms with van der Waals surface area (Å²) in [5.74, 6) is -0.334. The molecule has 0 spiro atoms. The van der Waals surface area contributed by atoms with Gasteiger partial charge in [-0.05, 0) is 78.7 Å². The summed E-state index contributed by atoms with van der Waals surface area (Å²) in [4.78, 5) is 31.6. The van der Waals surface area contributed by atoms with Gasteiger partial charge in [0.1, 0.15) is 12.6 Å². The lowest BCUT2D eigenvalue weighted by molar-refractivity contribution is -0.120. The fourth-order valence-electron chi connectivity index (χ4n) is 5.45. The minimum absolute atomic E-state index is 0.0601. The highest BCUT2D eigenvalue weighted by atomic mass is 35.5. The monoisotopic (exact) mass is 533 g/mol. The summed E-state index contributed by atoms with van der Waals surface area (Å²) in [5, 5.41) is 2.66.